The van der Waals surface area contributed by atoms with E-state index < -0.39 is 0 Å². The number of hydrogen-bond donors (Lipinski definition) is 1. The van der Waals surface area contributed by atoms with Crippen molar-refractivity contribution in [1.82, 2.24) is 10.2 Å². The molecule has 1 heterocycles. The fourth-order valence-corrected chi connectivity index (χ4v) is 2.15. The normalized spacial score (nSPS) is 21.1. The summed E-state index contributed by atoms with van der Waals surface area (Å²) in [4.78, 5) is 2.48. The van der Waals surface area contributed by atoms with Crippen LogP contribution in [-0.4, -0.2) is 37.6 Å². The Morgan fingerprint density at radius 1 is 1.33 bits per heavy atom. The quantitative estimate of drug-likeness (QED) is 0.800. The molecule has 2 nitrogen and oxygen atoms in total. The van der Waals surface area contributed by atoms with Gasteiger partial charge in [-0.25, -0.2) is 0 Å². The highest BCUT2D eigenvalue weighted by atomic mass is 15.2. The van der Waals surface area contributed by atoms with Crippen LogP contribution in [0.3, 0.4) is 0 Å². The lowest BCUT2D eigenvalue weighted by atomic mass is 10.1. The molecule has 1 aliphatic rings. The zero-order valence-corrected chi connectivity index (χ0v) is 9.45. The highest BCUT2D eigenvalue weighted by Crippen LogP contribution is 2.07. The molecule has 1 aliphatic heterocycles. The summed E-state index contributed by atoms with van der Waals surface area (Å²) in [5, 5.41) is 3.41. The van der Waals surface area contributed by atoms with Crippen LogP contribution >= 0.6 is 0 Å². The number of hydrogen-bond acceptors (Lipinski definition) is 2. The van der Waals surface area contributed by atoms with Gasteiger partial charge < -0.3 is 10.2 Å². The van der Waals surface area contributed by atoms with Gasteiger partial charge in [-0.1, -0.05) is 30.3 Å². The molecule has 0 bridgehead atoms. The molecule has 0 aliphatic carbocycles. The van der Waals surface area contributed by atoms with Gasteiger partial charge in [-0.3, -0.25) is 0 Å². The second-order valence-electron chi connectivity index (χ2n) is 4.36. The maximum Gasteiger partial charge on any atom is 0.0229 e. The maximum absolute atomic E-state index is 3.41. The minimum atomic E-state index is 0.744. The predicted octanol–water partition coefficient (Wildman–Crippen LogP) is 1.52. The van der Waals surface area contributed by atoms with Crippen molar-refractivity contribution in [2.24, 2.45) is 0 Å². The molecule has 1 aromatic carbocycles. The highest BCUT2D eigenvalue weighted by Gasteiger charge is 2.18. The molecule has 0 unspecified atom stereocenters. The summed E-state index contributed by atoms with van der Waals surface area (Å²) in [5.74, 6) is 0. The monoisotopic (exact) mass is 204 g/mol. The Balaban J connectivity index is 1.77. The number of likely N-dealkylation sites (N-methyl/N-ethyl adjacent to an activating group) is 1. The summed E-state index contributed by atoms with van der Waals surface area (Å²) < 4.78 is 0. The van der Waals surface area contributed by atoms with Crippen LogP contribution < -0.4 is 5.32 Å². The fraction of sp³-hybridized carbons (Fsp3) is 0.538. The van der Waals surface area contributed by atoms with Gasteiger partial charge in [0.15, 0.2) is 0 Å². The Kier molecular flexibility index (Phi) is 3.75. The van der Waals surface area contributed by atoms with Crippen LogP contribution in [0.1, 0.15) is 12.0 Å². The van der Waals surface area contributed by atoms with E-state index in [0.29, 0.717) is 0 Å². The van der Waals surface area contributed by atoms with E-state index in [9.17, 15) is 0 Å². The number of nitrogens with one attached hydrogen (secondary N) is 1. The van der Waals surface area contributed by atoms with Crippen molar-refractivity contribution >= 4 is 0 Å². The SMILES string of the molecule is CN(CCc1ccccc1)[C@H]1CCNC1. The topological polar surface area (TPSA) is 15.3 Å². The second kappa shape index (κ2) is 5.29. The zero-order chi connectivity index (χ0) is 10.5. The van der Waals surface area contributed by atoms with E-state index in [-0.39, 0.29) is 0 Å². The van der Waals surface area contributed by atoms with Crippen molar-refractivity contribution in [2.75, 3.05) is 26.7 Å². The van der Waals surface area contributed by atoms with Crippen LogP contribution in [0.5, 0.6) is 0 Å². The van der Waals surface area contributed by atoms with E-state index in [1.807, 2.05) is 0 Å². The van der Waals surface area contributed by atoms with E-state index in [2.05, 4.69) is 47.6 Å². The molecule has 0 spiro atoms. The molecular formula is C13H20N2. The third-order valence-corrected chi connectivity index (χ3v) is 3.25. The Hall–Kier alpha value is -0.860. The summed E-state index contributed by atoms with van der Waals surface area (Å²) in [6.07, 6.45) is 2.46. The first kappa shape index (κ1) is 10.7. The van der Waals surface area contributed by atoms with Crippen LogP contribution in [0.2, 0.25) is 0 Å². The summed E-state index contributed by atoms with van der Waals surface area (Å²) in [5.41, 5.74) is 1.44. The molecule has 0 saturated carbocycles. The first-order chi connectivity index (χ1) is 7.36. The Morgan fingerprint density at radius 3 is 2.80 bits per heavy atom. The van der Waals surface area contributed by atoms with E-state index >= 15 is 0 Å². The van der Waals surface area contributed by atoms with Gasteiger partial charge in [0.1, 0.15) is 0 Å². The van der Waals surface area contributed by atoms with Gasteiger partial charge in [0.05, 0.1) is 0 Å². The molecule has 0 amide bonds. The van der Waals surface area contributed by atoms with E-state index in [0.717, 1.165) is 25.6 Å². The van der Waals surface area contributed by atoms with Gasteiger partial charge in [0.2, 0.25) is 0 Å². The molecule has 1 aromatic rings. The molecule has 0 aromatic heterocycles. The van der Waals surface area contributed by atoms with Crippen LogP contribution in [0.4, 0.5) is 0 Å². The Morgan fingerprint density at radius 2 is 2.13 bits per heavy atom. The Labute approximate surface area is 92.3 Å². The van der Waals surface area contributed by atoms with Gasteiger partial charge in [-0.15, -0.1) is 0 Å². The first-order valence-corrected chi connectivity index (χ1v) is 5.81. The van der Waals surface area contributed by atoms with Gasteiger partial charge >= 0.3 is 0 Å². The van der Waals surface area contributed by atoms with Gasteiger partial charge in [0, 0.05) is 19.1 Å². The minimum Gasteiger partial charge on any atom is -0.315 e. The van der Waals surface area contributed by atoms with Crippen LogP contribution in [0.25, 0.3) is 0 Å². The lowest BCUT2D eigenvalue weighted by Gasteiger charge is -2.23. The average molecular weight is 204 g/mol. The van der Waals surface area contributed by atoms with Gasteiger partial charge in [0.25, 0.3) is 0 Å². The maximum atomic E-state index is 3.41. The van der Waals surface area contributed by atoms with Crippen molar-refractivity contribution < 1.29 is 0 Å². The molecule has 0 radical (unpaired) electrons. The fourth-order valence-electron chi connectivity index (χ4n) is 2.15. The van der Waals surface area contributed by atoms with Crippen molar-refractivity contribution in [1.29, 1.82) is 0 Å². The van der Waals surface area contributed by atoms with Crippen LogP contribution in [0.15, 0.2) is 30.3 Å². The first-order valence-electron chi connectivity index (χ1n) is 5.81. The average Bonchev–Trinajstić information content (AvgIpc) is 2.81. The highest BCUT2D eigenvalue weighted by molar-refractivity contribution is 5.14. The lowest BCUT2D eigenvalue weighted by molar-refractivity contribution is 0.260. The third-order valence-electron chi connectivity index (χ3n) is 3.25. The van der Waals surface area contributed by atoms with Crippen molar-refractivity contribution in [2.45, 2.75) is 18.9 Å². The molecule has 1 fully saturated rings. The summed E-state index contributed by atoms with van der Waals surface area (Å²) in [6, 6.07) is 11.5. The molecule has 2 rings (SSSR count). The standard InChI is InChI=1S/C13H20N2/c1-15(13-7-9-14-11-13)10-8-12-5-3-2-4-6-12/h2-6,13-14H,7-11H2,1H3/t13-/m0/s1. The van der Waals surface area contributed by atoms with Crippen LogP contribution in [0, 0.1) is 0 Å². The summed E-state index contributed by atoms with van der Waals surface area (Å²) in [6.45, 7) is 3.50. The van der Waals surface area contributed by atoms with E-state index in [1.165, 1.54) is 18.5 Å². The molecule has 1 atom stereocenters. The molecule has 1 saturated heterocycles. The van der Waals surface area contributed by atoms with E-state index in [1.54, 1.807) is 0 Å². The summed E-state index contributed by atoms with van der Waals surface area (Å²) in [7, 11) is 2.24. The second-order valence-corrected chi connectivity index (χ2v) is 4.36. The molecule has 82 valence electrons. The Bertz CT molecular complexity index is 278. The van der Waals surface area contributed by atoms with Gasteiger partial charge in [-0.2, -0.15) is 0 Å². The lowest BCUT2D eigenvalue weighted by Crippen LogP contribution is -2.34. The number of benzene rings is 1. The van der Waals surface area contributed by atoms with Crippen molar-refractivity contribution in [3.63, 3.8) is 0 Å². The number of rotatable bonds is 4. The molecule has 1 N–H and O–H groups in total. The van der Waals surface area contributed by atoms with Crippen molar-refractivity contribution in [3.8, 4) is 0 Å². The molecular weight excluding hydrogens is 184 g/mol. The molecule has 2 heteroatoms. The smallest absolute Gasteiger partial charge is 0.0229 e. The third kappa shape index (κ3) is 3.05. The minimum absolute atomic E-state index is 0.744. The zero-order valence-electron chi connectivity index (χ0n) is 9.45. The number of nitrogens with zero attached hydrogens (tertiary/aromatic N) is 1. The van der Waals surface area contributed by atoms with Gasteiger partial charge in [-0.05, 0) is 32.0 Å². The predicted molar refractivity (Wildman–Crippen MR) is 64.1 cm³/mol. The molecule has 15 heavy (non-hydrogen) atoms. The van der Waals surface area contributed by atoms with Crippen LogP contribution in [-0.2, 0) is 6.42 Å². The van der Waals surface area contributed by atoms with Crippen molar-refractivity contribution in [3.05, 3.63) is 35.9 Å². The summed E-state index contributed by atoms with van der Waals surface area (Å²) >= 11 is 0. The largest absolute Gasteiger partial charge is 0.315 e. The van der Waals surface area contributed by atoms with E-state index in [4.69, 9.17) is 0 Å².